The average Bonchev–Trinajstić information content (AvgIpc) is 2.73. The highest BCUT2D eigenvalue weighted by Crippen LogP contribution is 2.35. The summed E-state index contributed by atoms with van der Waals surface area (Å²) in [5, 5.41) is 0. The first-order chi connectivity index (χ1) is 13.8. The van der Waals surface area contributed by atoms with E-state index in [0.717, 1.165) is 62.6 Å². The minimum atomic E-state index is 0.748. The van der Waals surface area contributed by atoms with Gasteiger partial charge in [-0.1, -0.05) is 58.4 Å². The van der Waals surface area contributed by atoms with E-state index >= 15 is 0 Å². The highest BCUT2D eigenvalue weighted by molar-refractivity contribution is 5.73. The lowest BCUT2D eigenvalue weighted by Gasteiger charge is -2.20. The lowest BCUT2D eigenvalue weighted by molar-refractivity contribution is 0.297. The van der Waals surface area contributed by atoms with Crippen LogP contribution in [-0.4, -0.2) is 18.2 Å². The van der Waals surface area contributed by atoms with Crippen molar-refractivity contribution in [3.63, 3.8) is 0 Å². The van der Waals surface area contributed by atoms with Gasteiger partial charge in [0.2, 0.25) is 5.88 Å². The molecule has 1 aliphatic carbocycles. The van der Waals surface area contributed by atoms with Crippen LogP contribution < -0.4 is 9.47 Å². The lowest BCUT2D eigenvalue weighted by Crippen LogP contribution is -2.08. The summed E-state index contributed by atoms with van der Waals surface area (Å²) < 4.78 is 11.8. The summed E-state index contributed by atoms with van der Waals surface area (Å²) in [4.78, 5) is 4.74. The minimum Gasteiger partial charge on any atom is -0.494 e. The van der Waals surface area contributed by atoms with Gasteiger partial charge in [0, 0.05) is 11.6 Å². The van der Waals surface area contributed by atoms with Crippen molar-refractivity contribution in [2.45, 2.75) is 78.1 Å². The predicted octanol–water partition coefficient (Wildman–Crippen LogP) is 6.77. The number of fused-ring (bicyclic) bond motifs is 3. The summed E-state index contributed by atoms with van der Waals surface area (Å²) in [5.74, 6) is 1.76. The van der Waals surface area contributed by atoms with Gasteiger partial charge in [0.05, 0.1) is 18.9 Å². The summed E-state index contributed by atoms with van der Waals surface area (Å²) in [6.07, 6.45) is 12.0. The second-order valence-electron chi connectivity index (χ2n) is 7.78. The number of benzene rings is 1. The molecule has 0 aliphatic heterocycles. The van der Waals surface area contributed by atoms with Crippen LogP contribution in [0.3, 0.4) is 0 Å². The molecule has 28 heavy (non-hydrogen) atoms. The highest BCUT2D eigenvalue weighted by atomic mass is 16.5. The Kier molecular flexibility index (Phi) is 8.20. The molecule has 0 radical (unpaired) electrons. The largest absolute Gasteiger partial charge is 0.494 e. The molecule has 152 valence electrons. The van der Waals surface area contributed by atoms with E-state index in [1.165, 1.54) is 48.8 Å². The second-order valence-corrected chi connectivity index (χ2v) is 7.78. The number of rotatable bonds is 12. The van der Waals surface area contributed by atoms with Gasteiger partial charge in [-0.25, -0.2) is 4.98 Å². The SMILES string of the molecule is CCCCCCCCOc1ccc2c(c1)CCc1nc(OCCCC)ccc1-2. The zero-order valence-electron chi connectivity index (χ0n) is 17.6. The minimum absolute atomic E-state index is 0.748. The number of ether oxygens (including phenoxy) is 2. The zero-order chi connectivity index (χ0) is 19.6. The van der Waals surface area contributed by atoms with Crippen molar-refractivity contribution in [2.75, 3.05) is 13.2 Å². The molecule has 0 atom stereocenters. The first-order valence-corrected chi connectivity index (χ1v) is 11.2. The number of nitrogens with zero attached hydrogens (tertiary/aromatic N) is 1. The van der Waals surface area contributed by atoms with E-state index in [1.807, 2.05) is 6.07 Å². The van der Waals surface area contributed by atoms with Crippen LogP contribution in [0.25, 0.3) is 11.1 Å². The third-order valence-corrected chi connectivity index (χ3v) is 5.46. The van der Waals surface area contributed by atoms with E-state index in [9.17, 15) is 0 Å². The lowest BCUT2D eigenvalue weighted by atomic mass is 9.88. The van der Waals surface area contributed by atoms with Crippen molar-refractivity contribution >= 4 is 0 Å². The first-order valence-electron chi connectivity index (χ1n) is 11.2. The van der Waals surface area contributed by atoms with Gasteiger partial charge in [-0.2, -0.15) is 0 Å². The highest BCUT2D eigenvalue weighted by Gasteiger charge is 2.18. The van der Waals surface area contributed by atoms with E-state index in [1.54, 1.807) is 0 Å². The first kappa shape index (κ1) is 20.7. The maximum absolute atomic E-state index is 6.00. The van der Waals surface area contributed by atoms with Crippen molar-refractivity contribution in [3.05, 3.63) is 41.6 Å². The van der Waals surface area contributed by atoms with Crippen LogP contribution >= 0.6 is 0 Å². The molecule has 1 aliphatic rings. The van der Waals surface area contributed by atoms with Gasteiger partial charge >= 0.3 is 0 Å². The maximum Gasteiger partial charge on any atom is 0.213 e. The predicted molar refractivity (Wildman–Crippen MR) is 116 cm³/mol. The quantitative estimate of drug-likeness (QED) is 0.380. The van der Waals surface area contributed by atoms with Crippen LogP contribution in [0.5, 0.6) is 11.6 Å². The Bertz CT molecular complexity index is 741. The molecule has 0 bridgehead atoms. The number of aromatic nitrogens is 1. The molecule has 1 heterocycles. The molecule has 0 unspecified atom stereocenters. The smallest absolute Gasteiger partial charge is 0.213 e. The van der Waals surface area contributed by atoms with Crippen molar-refractivity contribution in [2.24, 2.45) is 0 Å². The Balaban J connectivity index is 1.55. The molecule has 2 aromatic rings. The molecular weight excluding hydrogens is 346 g/mol. The molecule has 0 fully saturated rings. The van der Waals surface area contributed by atoms with Gasteiger partial charge in [-0.3, -0.25) is 0 Å². The Hall–Kier alpha value is -2.03. The molecule has 0 amide bonds. The van der Waals surface area contributed by atoms with Crippen LogP contribution in [-0.2, 0) is 12.8 Å². The Morgan fingerprint density at radius 1 is 0.750 bits per heavy atom. The fourth-order valence-corrected chi connectivity index (χ4v) is 3.77. The average molecular weight is 382 g/mol. The number of aryl methyl sites for hydroxylation is 2. The molecule has 0 saturated heterocycles. The molecule has 3 nitrogen and oxygen atoms in total. The fourth-order valence-electron chi connectivity index (χ4n) is 3.77. The van der Waals surface area contributed by atoms with Gasteiger partial charge in [0.15, 0.2) is 0 Å². The summed E-state index contributed by atoms with van der Waals surface area (Å²) in [6.45, 7) is 6.00. The molecule has 1 aromatic carbocycles. The molecule has 0 saturated carbocycles. The Morgan fingerprint density at radius 2 is 1.50 bits per heavy atom. The molecule has 0 spiro atoms. The second kappa shape index (κ2) is 11.1. The third-order valence-electron chi connectivity index (χ3n) is 5.46. The normalized spacial score (nSPS) is 12.4. The summed E-state index contributed by atoms with van der Waals surface area (Å²) >= 11 is 0. The van der Waals surface area contributed by atoms with E-state index in [0.29, 0.717) is 0 Å². The summed E-state index contributed by atoms with van der Waals surface area (Å²) in [5.41, 5.74) is 5.06. The molecular formula is C25H35NO2. The van der Waals surface area contributed by atoms with Crippen molar-refractivity contribution in [1.82, 2.24) is 4.98 Å². The monoisotopic (exact) mass is 381 g/mol. The maximum atomic E-state index is 6.00. The summed E-state index contributed by atoms with van der Waals surface area (Å²) in [7, 11) is 0. The summed E-state index contributed by atoms with van der Waals surface area (Å²) in [6, 6.07) is 10.7. The van der Waals surface area contributed by atoms with Crippen LogP contribution in [0, 0.1) is 0 Å². The zero-order valence-corrected chi connectivity index (χ0v) is 17.6. The number of hydrogen-bond acceptors (Lipinski definition) is 3. The van der Waals surface area contributed by atoms with Gasteiger partial charge in [-0.15, -0.1) is 0 Å². The van der Waals surface area contributed by atoms with Gasteiger partial charge in [-0.05, 0) is 55.0 Å². The van der Waals surface area contributed by atoms with Crippen LogP contribution in [0.2, 0.25) is 0 Å². The van der Waals surface area contributed by atoms with E-state index in [2.05, 4.69) is 38.1 Å². The number of unbranched alkanes of at least 4 members (excludes halogenated alkanes) is 6. The Labute approximate surface area is 170 Å². The molecule has 3 rings (SSSR count). The van der Waals surface area contributed by atoms with E-state index < -0.39 is 0 Å². The molecule has 3 heteroatoms. The van der Waals surface area contributed by atoms with Crippen LogP contribution in [0.1, 0.15) is 76.5 Å². The van der Waals surface area contributed by atoms with Gasteiger partial charge in [0.25, 0.3) is 0 Å². The van der Waals surface area contributed by atoms with Crippen molar-refractivity contribution in [1.29, 1.82) is 0 Å². The van der Waals surface area contributed by atoms with Gasteiger partial charge in [0.1, 0.15) is 5.75 Å². The number of hydrogen-bond donors (Lipinski definition) is 0. The Morgan fingerprint density at radius 3 is 2.36 bits per heavy atom. The van der Waals surface area contributed by atoms with E-state index in [4.69, 9.17) is 14.5 Å². The van der Waals surface area contributed by atoms with Crippen molar-refractivity contribution in [3.8, 4) is 22.8 Å². The van der Waals surface area contributed by atoms with Crippen LogP contribution in [0.4, 0.5) is 0 Å². The molecule has 1 aromatic heterocycles. The molecule has 0 N–H and O–H groups in total. The standard InChI is InChI=1S/C25H35NO2/c1-3-5-7-8-9-10-18-27-21-12-13-22-20(19-21)11-15-24-23(22)14-16-25(26-24)28-17-6-4-2/h12-14,16,19H,3-11,15,17-18H2,1-2H3. The third kappa shape index (κ3) is 5.73. The fraction of sp³-hybridized carbons (Fsp3) is 0.560. The number of pyridine rings is 1. The van der Waals surface area contributed by atoms with E-state index in [-0.39, 0.29) is 0 Å². The van der Waals surface area contributed by atoms with Crippen molar-refractivity contribution < 1.29 is 9.47 Å². The van der Waals surface area contributed by atoms with Gasteiger partial charge < -0.3 is 9.47 Å². The topological polar surface area (TPSA) is 31.4 Å². The van der Waals surface area contributed by atoms with Crippen LogP contribution in [0.15, 0.2) is 30.3 Å².